The van der Waals surface area contributed by atoms with Crippen LogP contribution in [0.4, 0.5) is 17.6 Å². The van der Waals surface area contributed by atoms with Crippen LogP contribution in [0.5, 0.6) is 11.5 Å². The van der Waals surface area contributed by atoms with Crippen molar-refractivity contribution < 1.29 is 49.6 Å². The molecule has 0 aliphatic carbocycles. The topological polar surface area (TPSA) is 110 Å². The number of Topliss-reactive ketones (excluding diaryl/α,β-unsaturated/α-hetero) is 1. The second kappa shape index (κ2) is 12.4. The van der Waals surface area contributed by atoms with Crippen molar-refractivity contribution in [2.24, 2.45) is 5.41 Å². The first-order chi connectivity index (χ1) is 17.2. The van der Waals surface area contributed by atoms with Gasteiger partial charge in [-0.05, 0) is 0 Å². The molecule has 15 heteroatoms. The van der Waals surface area contributed by atoms with Crippen molar-refractivity contribution >= 4 is 76.8 Å². The molecule has 0 aliphatic heterocycles. The normalized spacial score (nSPS) is 13.6. The maximum atomic E-state index is 13.5. The molecule has 7 nitrogen and oxygen atoms in total. The van der Waals surface area contributed by atoms with Crippen molar-refractivity contribution in [1.82, 2.24) is 0 Å². The van der Waals surface area contributed by atoms with E-state index in [1.807, 2.05) is 32.9 Å². The fraction of sp³-hybridized carbons (Fsp3) is 0.391. The van der Waals surface area contributed by atoms with Crippen LogP contribution >= 0.6 is 37.4 Å². The summed E-state index contributed by atoms with van der Waals surface area (Å²) < 4.78 is 97.3. The quantitative estimate of drug-likeness (QED) is 0.0813. The van der Waals surface area contributed by atoms with Crippen molar-refractivity contribution in [1.29, 1.82) is 0 Å². The predicted molar refractivity (Wildman–Crippen MR) is 150 cm³/mol. The molecule has 0 atom stereocenters. The van der Waals surface area contributed by atoms with Crippen LogP contribution in [0.15, 0.2) is 48.5 Å². The van der Waals surface area contributed by atoms with E-state index in [0.717, 1.165) is 7.22 Å². The Kier molecular flexibility index (Phi) is 10.9. The second-order valence-electron chi connectivity index (χ2n) is 9.02. The third-order valence-electron chi connectivity index (χ3n) is 5.06. The molecule has 0 radical (unpaired) electrons. The van der Waals surface area contributed by atoms with E-state index in [4.69, 9.17) is 9.47 Å². The van der Waals surface area contributed by atoms with Gasteiger partial charge in [0.15, 0.2) is 0 Å². The zero-order valence-electron chi connectivity index (χ0n) is 20.2. The van der Waals surface area contributed by atoms with Crippen molar-refractivity contribution in [3.8, 4) is 11.5 Å². The number of halogens is 6. The number of rotatable bonds is 11. The first-order valence-electron chi connectivity index (χ1n) is 10.7. The molecule has 0 heterocycles. The van der Waals surface area contributed by atoms with Crippen LogP contribution < -0.4 is 16.7 Å². The van der Waals surface area contributed by atoms with Gasteiger partial charge in [0.25, 0.3) is 0 Å². The minimum atomic E-state index is -6.63. The van der Waals surface area contributed by atoms with E-state index in [1.165, 1.54) is 12.1 Å². The number of benzene rings is 2. The van der Waals surface area contributed by atoms with Crippen molar-refractivity contribution in [2.45, 2.75) is 44.8 Å². The van der Waals surface area contributed by atoms with Crippen LogP contribution in [0.2, 0.25) is 0 Å². The summed E-state index contributed by atoms with van der Waals surface area (Å²) in [6.45, 7) is 5.40. The Labute approximate surface area is 241 Å². The third kappa shape index (κ3) is 8.38. The average Bonchev–Trinajstić information content (AvgIpc) is 2.80. The number of ether oxygens (including phenoxy) is 2. The van der Waals surface area contributed by atoms with Gasteiger partial charge < -0.3 is 0 Å². The van der Waals surface area contributed by atoms with Gasteiger partial charge in [-0.1, -0.05) is 0 Å². The van der Waals surface area contributed by atoms with Crippen LogP contribution in [-0.4, -0.2) is 52.8 Å². The summed E-state index contributed by atoms with van der Waals surface area (Å²) in [4.78, 5) is 23.9. The fourth-order valence-electron chi connectivity index (χ4n) is 2.66. The molecular weight excluding hydrogens is 878 g/mol. The monoisotopic (exact) mass is 903 g/mol. The molecule has 0 spiro atoms. The Hall–Kier alpha value is -0.740. The van der Waals surface area contributed by atoms with Gasteiger partial charge in [0.1, 0.15) is 0 Å². The summed E-state index contributed by atoms with van der Waals surface area (Å²) in [6, 6.07) is 13.6. The van der Waals surface area contributed by atoms with Crippen LogP contribution in [0, 0.1) is 5.41 Å². The first-order valence-corrected chi connectivity index (χ1v) is 28.0. The van der Waals surface area contributed by atoms with Gasteiger partial charge in [0, 0.05) is 0 Å². The minimum absolute atomic E-state index is 0.0241. The van der Waals surface area contributed by atoms with E-state index in [-0.39, 0.29) is 18.1 Å². The number of hydrogen-bond donors (Lipinski definition) is 0. The summed E-state index contributed by atoms with van der Waals surface area (Å²) in [7, 11) is -9.54. The molecule has 0 bridgehead atoms. The molecule has 2 rings (SSSR count). The Morgan fingerprint density at radius 2 is 1.34 bits per heavy atom. The first kappa shape index (κ1) is 33.5. The molecule has 0 unspecified atom stereocenters. The maximum absolute atomic E-state index is 13.5. The van der Waals surface area contributed by atoms with Gasteiger partial charge in [0.2, 0.25) is 0 Å². The number of carbonyl (C=O) groups excluding carboxylic acids is 2. The standard InChI is InChI=1S/C23H24F4I2O7STe/c1-21(2,3)19(30)14-35-15-4-8-17(9-5-15)38(28,29)18-10-6-16(7-11-18)36-20(31)12-13-22(24,25)23(26,27)37(32,33)34/h4-11H,12-14H2,1-3H3,(H,32,33,34)/p-1. The van der Waals surface area contributed by atoms with E-state index in [2.05, 4.69) is 37.4 Å². The average molecular weight is 901 g/mol. The van der Waals surface area contributed by atoms with E-state index < -0.39 is 55.8 Å². The third-order valence-corrected chi connectivity index (χ3v) is 24.6. The molecule has 2 aromatic rings. The molecular formula is C23H23F4I2O7STe-. The summed E-state index contributed by atoms with van der Waals surface area (Å²) >= 11 is 4.76. The van der Waals surface area contributed by atoms with Crippen LogP contribution in [0.3, 0.4) is 0 Å². The van der Waals surface area contributed by atoms with E-state index in [1.54, 1.807) is 24.3 Å². The van der Waals surface area contributed by atoms with Crippen molar-refractivity contribution in [2.75, 3.05) is 6.61 Å². The predicted octanol–water partition coefficient (Wildman–Crippen LogP) is 4.57. The molecule has 38 heavy (non-hydrogen) atoms. The molecule has 0 N–H and O–H groups in total. The van der Waals surface area contributed by atoms with Gasteiger partial charge in [0.05, 0.1) is 0 Å². The molecule has 0 aliphatic rings. The summed E-state index contributed by atoms with van der Waals surface area (Å²) in [5.74, 6) is -6.04. The van der Waals surface area contributed by atoms with Crippen LogP contribution in [0.25, 0.3) is 0 Å². The molecule has 0 saturated carbocycles. The Morgan fingerprint density at radius 1 is 0.895 bits per heavy atom. The molecule has 0 saturated heterocycles. The Balaban J connectivity index is 2.02. The number of carbonyl (C=O) groups is 2. The second-order valence-corrected chi connectivity index (χ2v) is 44.8. The van der Waals surface area contributed by atoms with Gasteiger partial charge in [-0.3, -0.25) is 0 Å². The summed E-state index contributed by atoms with van der Waals surface area (Å²) in [5.41, 5.74) is -0.504. The van der Waals surface area contributed by atoms with Crippen LogP contribution in [0.1, 0.15) is 33.6 Å². The Bertz CT molecular complexity index is 1260. The Morgan fingerprint density at radius 3 is 1.76 bits per heavy atom. The van der Waals surface area contributed by atoms with Crippen molar-refractivity contribution in [3.63, 3.8) is 0 Å². The molecule has 0 amide bonds. The van der Waals surface area contributed by atoms with E-state index in [9.17, 15) is 40.1 Å². The molecule has 0 fully saturated rings. The van der Waals surface area contributed by atoms with Crippen LogP contribution in [-0.2, 0) is 19.7 Å². The number of ketones is 1. The van der Waals surface area contributed by atoms with Gasteiger partial charge in [-0.25, -0.2) is 0 Å². The molecule has 0 aromatic heterocycles. The number of hydrogen-bond acceptors (Lipinski definition) is 7. The van der Waals surface area contributed by atoms with Crippen molar-refractivity contribution in [3.05, 3.63) is 48.5 Å². The van der Waals surface area contributed by atoms with Gasteiger partial charge in [-0.2, -0.15) is 0 Å². The number of esters is 1. The summed E-state index contributed by atoms with van der Waals surface area (Å²) in [6.07, 6.45) is -3.13. The zero-order valence-corrected chi connectivity index (χ0v) is 27.6. The molecule has 2 aromatic carbocycles. The zero-order chi connectivity index (χ0) is 29.2. The van der Waals surface area contributed by atoms with E-state index in [0.29, 0.717) is 5.75 Å². The van der Waals surface area contributed by atoms with Gasteiger partial charge >= 0.3 is 243 Å². The fourth-order valence-corrected chi connectivity index (χ4v) is 14.5. The SMILES string of the molecule is CC(C)(C)C(=O)COc1ccc([Te](I)(I)c2ccc(OC(=O)CCC(F)(F)C(F)(F)S(=O)(=O)[O-])cc2)cc1. The van der Waals surface area contributed by atoms with Gasteiger partial charge in [-0.15, -0.1) is 0 Å². The molecule has 212 valence electrons. The summed E-state index contributed by atoms with van der Waals surface area (Å²) in [5, 5.41) is -5.85. The number of alkyl halides is 4. The van der Waals surface area contributed by atoms with E-state index >= 15 is 0 Å².